The van der Waals surface area contributed by atoms with Crippen molar-refractivity contribution in [2.24, 2.45) is 4.99 Å². The first-order valence-electron chi connectivity index (χ1n) is 6.83. The van der Waals surface area contributed by atoms with Gasteiger partial charge in [-0.15, -0.1) is 0 Å². The second-order valence-electron chi connectivity index (χ2n) is 4.86. The van der Waals surface area contributed by atoms with Crippen LogP contribution in [0.1, 0.15) is 31.5 Å². The molecule has 110 valence electrons. The van der Waals surface area contributed by atoms with Gasteiger partial charge in [-0.2, -0.15) is 0 Å². The molecule has 6 nitrogen and oxygen atoms in total. The normalized spacial score (nSPS) is 22.2. The van der Waals surface area contributed by atoms with Crippen LogP contribution in [0.4, 0.5) is 5.69 Å². The van der Waals surface area contributed by atoms with Gasteiger partial charge in [0.1, 0.15) is 6.17 Å². The van der Waals surface area contributed by atoms with Crippen molar-refractivity contribution in [1.82, 2.24) is 10.4 Å². The SMILES string of the molecule is CCN1NC2N=C(Cl)N(C(=O)CCC1=O)c1ccccc12. The molecular weight excluding hydrogens is 292 g/mol. The number of hydrogen-bond donors (Lipinski definition) is 1. The van der Waals surface area contributed by atoms with Crippen LogP contribution in [-0.2, 0) is 9.59 Å². The Bertz CT molecular complexity index is 631. The summed E-state index contributed by atoms with van der Waals surface area (Å²) in [4.78, 5) is 30.2. The Kier molecular flexibility index (Phi) is 3.65. The third kappa shape index (κ3) is 2.41. The molecule has 2 amide bonds. The van der Waals surface area contributed by atoms with Crippen LogP contribution >= 0.6 is 11.6 Å². The fourth-order valence-corrected chi connectivity index (χ4v) is 2.82. The number of nitrogens with zero attached hydrogens (tertiary/aromatic N) is 3. The highest BCUT2D eigenvalue weighted by atomic mass is 35.5. The molecule has 0 saturated carbocycles. The molecule has 2 heterocycles. The molecule has 0 fully saturated rings. The van der Waals surface area contributed by atoms with Crippen molar-refractivity contribution in [1.29, 1.82) is 0 Å². The molecule has 1 N–H and O–H groups in total. The van der Waals surface area contributed by atoms with E-state index in [0.717, 1.165) is 5.56 Å². The minimum atomic E-state index is -0.472. The van der Waals surface area contributed by atoms with E-state index in [0.29, 0.717) is 12.2 Å². The maximum absolute atomic E-state index is 12.4. The Balaban J connectivity index is 2.12. The van der Waals surface area contributed by atoms with E-state index in [4.69, 9.17) is 11.6 Å². The van der Waals surface area contributed by atoms with E-state index in [-0.39, 0.29) is 30.0 Å². The topological polar surface area (TPSA) is 65.0 Å². The van der Waals surface area contributed by atoms with E-state index in [1.54, 1.807) is 0 Å². The van der Waals surface area contributed by atoms with Gasteiger partial charge in [-0.05, 0) is 24.6 Å². The number of amides is 2. The number of para-hydroxylation sites is 1. The van der Waals surface area contributed by atoms with Crippen molar-refractivity contribution in [3.63, 3.8) is 0 Å². The molecule has 0 aliphatic carbocycles. The van der Waals surface area contributed by atoms with Crippen LogP contribution in [-0.4, -0.2) is 28.7 Å². The van der Waals surface area contributed by atoms with Gasteiger partial charge in [0, 0.05) is 24.9 Å². The van der Waals surface area contributed by atoms with Gasteiger partial charge in [-0.3, -0.25) is 19.5 Å². The molecule has 2 bridgehead atoms. The van der Waals surface area contributed by atoms with Gasteiger partial charge >= 0.3 is 0 Å². The summed E-state index contributed by atoms with van der Waals surface area (Å²) in [6.45, 7) is 2.35. The molecule has 2 aliphatic heterocycles. The molecule has 0 spiro atoms. The molecule has 7 heteroatoms. The number of carbonyl (C=O) groups excluding carboxylic acids is 2. The third-order valence-electron chi connectivity index (χ3n) is 3.59. The zero-order valence-corrected chi connectivity index (χ0v) is 12.3. The van der Waals surface area contributed by atoms with Crippen LogP contribution in [0.5, 0.6) is 0 Å². The Labute approximate surface area is 127 Å². The van der Waals surface area contributed by atoms with Crippen LogP contribution < -0.4 is 10.3 Å². The Morgan fingerprint density at radius 3 is 2.76 bits per heavy atom. The van der Waals surface area contributed by atoms with Crippen molar-refractivity contribution in [2.75, 3.05) is 11.4 Å². The zero-order chi connectivity index (χ0) is 15.0. The van der Waals surface area contributed by atoms with Crippen molar-refractivity contribution >= 4 is 34.4 Å². The van der Waals surface area contributed by atoms with Gasteiger partial charge in [0.05, 0.1) is 5.69 Å². The first-order chi connectivity index (χ1) is 10.1. The van der Waals surface area contributed by atoms with Crippen molar-refractivity contribution < 1.29 is 9.59 Å². The highest BCUT2D eigenvalue weighted by molar-refractivity contribution is 6.70. The molecule has 1 aromatic carbocycles. The van der Waals surface area contributed by atoms with Gasteiger partial charge in [0.15, 0.2) is 0 Å². The van der Waals surface area contributed by atoms with E-state index in [2.05, 4.69) is 10.4 Å². The lowest BCUT2D eigenvalue weighted by atomic mass is 10.1. The number of hydrogen-bond acceptors (Lipinski definition) is 4. The van der Waals surface area contributed by atoms with Crippen LogP contribution in [0.3, 0.4) is 0 Å². The first kappa shape index (κ1) is 14.0. The summed E-state index contributed by atoms with van der Waals surface area (Å²) >= 11 is 6.18. The van der Waals surface area contributed by atoms with Gasteiger partial charge in [0.25, 0.3) is 0 Å². The van der Waals surface area contributed by atoms with E-state index in [9.17, 15) is 9.59 Å². The summed E-state index contributed by atoms with van der Waals surface area (Å²) in [5, 5.41) is 1.62. The Hall–Kier alpha value is -1.92. The molecule has 2 aliphatic rings. The largest absolute Gasteiger partial charge is 0.276 e. The number of anilines is 1. The number of hydrazine groups is 1. The van der Waals surface area contributed by atoms with Gasteiger partial charge in [-0.25, -0.2) is 10.4 Å². The number of carbonyl (C=O) groups is 2. The monoisotopic (exact) mass is 306 g/mol. The second kappa shape index (κ2) is 5.46. The standard InChI is InChI=1S/C14H15ClN4O2/c1-2-18-11(20)7-8-12(21)19-10-6-4-3-5-9(10)13(17-18)16-14(19)15/h3-6,13,17H,2,7-8H2,1H3. The highest BCUT2D eigenvalue weighted by Gasteiger charge is 2.33. The smallest absolute Gasteiger partial charge is 0.237 e. The van der Waals surface area contributed by atoms with E-state index < -0.39 is 6.17 Å². The number of nitrogens with one attached hydrogen (secondary N) is 1. The molecule has 3 rings (SSSR count). The molecule has 1 atom stereocenters. The third-order valence-corrected chi connectivity index (χ3v) is 3.86. The fourth-order valence-electron chi connectivity index (χ4n) is 2.54. The summed E-state index contributed by atoms with van der Waals surface area (Å²) in [6, 6.07) is 7.42. The average molecular weight is 307 g/mol. The van der Waals surface area contributed by atoms with E-state index in [1.165, 1.54) is 9.91 Å². The number of benzene rings is 1. The summed E-state index contributed by atoms with van der Waals surface area (Å²) in [6.07, 6.45) is -0.225. The average Bonchev–Trinajstić information content (AvgIpc) is 2.49. The number of halogens is 1. The van der Waals surface area contributed by atoms with Gasteiger partial charge in [0.2, 0.25) is 17.1 Å². The van der Waals surface area contributed by atoms with Crippen molar-refractivity contribution in [3.05, 3.63) is 29.8 Å². The number of fused-ring (bicyclic) bond motifs is 5. The van der Waals surface area contributed by atoms with Gasteiger partial charge in [-0.1, -0.05) is 18.2 Å². The predicted molar refractivity (Wildman–Crippen MR) is 79.7 cm³/mol. The maximum atomic E-state index is 12.4. The lowest BCUT2D eigenvalue weighted by molar-refractivity contribution is -0.136. The highest BCUT2D eigenvalue weighted by Crippen LogP contribution is 2.34. The first-order valence-corrected chi connectivity index (χ1v) is 7.21. The van der Waals surface area contributed by atoms with Crippen LogP contribution in [0, 0.1) is 0 Å². The number of aliphatic imine (C=N–C) groups is 1. The summed E-state index contributed by atoms with van der Waals surface area (Å²) in [5.41, 5.74) is 4.62. The molecule has 0 aromatic heterocycles. The fraction of sp³-hybridized carbons (Fsp3) is 0.357. The Morgan fingerprint density at radius 1 is 1.29 bits per heavy atom. The minimum absolute atomic E-state index is 0.0990. The lowest BCUT2D eigenvalue weighted by Gasteiger charge is -2.35. The summed E-state index contributed by atoms with van der Waals surface area (Å²) < 4.78 is 0. The molecular formula is C14H15ClN4O2. The lowest BCUT2D eigenvalue weighted by Crippen LogP contribution is -2.49. The Morgan fingerprint density at radius 2 is 2.00 bits per heavy atom. The van der Waals surface area contributed by atoms with E-state index in [1.807, 2.05) is 31.2 Å². The molecule has 0 radical (unpaired) electrons. The molecule has 1 aromatic rings. The van der Waals surface area contributed by atoms with Crippen LogP contribution in [0.25, 0.3) is 0 Å². The summed E-state index contributed by atoms with van der Waals surface area (Å²) in [5.74, 6) is -0.343. The minimum Gasteiger partial charge on any atom is -0.276 e. The molecule has 21 heavy (non-hydrogen) atoms. The predicted octanol–water partition coefficient (Wildman–Crippen LogP) is 1.77. The summed E-state index contributed by atoms with van der Waals surface area (Å²) in [7, 11) is 0. The van der Waals surface area contributed by atoms with Gasteiger partial charge < -0.3 is 0 Å². The van der Waals surface area contributed by atoms with Crippen LogP contribution in [0.15, 0.2) is 29.3 Å². The molecule has 1 unspecified atom stereocenters. The zero-order valence-electron chi connectivity index (χ0n) is 11.5. The number of rotatable bonds is 1. The quantitative estimate of drug-likeness (QED) is 0.804. The van der Waals surface area contributed by atoms with Crippen LogP contribution in [0.2, 0.25) is 0 Å². The van der Waals surface area contributed by atoms with Crippen molar-refractivity contribution in [3.8, 4) is 0 Å². The second-order valence-corrected chi connectivity index (χ2v) is 5.19. The number of amidine groups is 1. The van der Waals surface area contributed by atoms with Crippen molar-refractivity contribution in [2.45, 2.75) is 25.9 Å². The van der Waals surface area contributed by atoms with E-state index >= 15 is 0 Å². The molecule has 0 saturated heterocycles. The maximum Gasteiger partial charge on any atom is 0.237 e.